The van der Waals surface area contributed by atoms with Crippen LogP contribution in [0.2, 0.25) is 0 Å². The maximum absolute atomic E-state index is 12.5. The van der Waals surface area contributed by atoms with Crippen LogP contribution in [-0.4, -0.2) is 42.5 Å². The number of piperidine rings is 1. The SMILES string of the molecule is Cc1cccc(C(=O)NC2CCN(C(=O)COc3ccc(C)cc3C)CC2)c1. The zero-order valence-electron chi connectivity index (χ0n) is 16.8. The fourth-order valence-corrected chi connectivity index (χ4v) is 3.52. The molecule has 0 atom stereocenters. The van der Waals surface area contributed by atoms with E-state index in [1.165, 1.54) is 5.56 Å². The Morgan fingerprint density at radius 3 is 2.43 bits per heavy atom. The summed E-state index contributed by atoms with van der Waals surface area (Å²) in [5.74, 6) is 0.689. The number of hydrogen-bond acceptors (Lipinski definition) is 3. The topological polar surface area (TPSA) is 58.6 Å². The van der Waals surface area contributed by atoms with Gasteiger partial charge in [-0.25, -0.2) is 0 Å². The highest BCUT2D eigenvalue weighted by Gasteiger charge is 2.24. The molecule has 5 heteroatoms. The minimum atomic E-state index is -0.0494. The first-order valence-electron chi connectivity index (χ1n) is 9.78. The number of likely N-dealkylation sites (tertiary alicyclic amines) is 1. The van der Waals surface area contributed by atoms with Crippen LogP contribution >= 0.6 is 0 Å². The van der Waals surface area contributed by atoms with Crippen molar-refractivity contribution < 1.29 is 14.3 Å². The quantitative estimate of drug-likeness (QED) is 0.865. The number of aryl methyl sites for hydroxylation is 3. The van der Waals surface area contributed by atoms with E-state index in [0.29, 0.717) is 18.7 Å². The number of rotatable bonds is 5. The van der Waals surface area contributed by atoms with Crippen molar-refractivity contribution in [3.8, 4) is 5.75 Å². The van der Waals surface area contributed by atoms with E-state index >= 15 is 0 Å². The molecule has 1 aliphatic heterocycles. The molecule has 28 heavy (non-hydrogen) atoms. The van der Waals surface area contributed by atoms with Gasteiger partial charge in [0, 0.05) is 24.7 Å². The van der Waals surface area contributed by atoms with E-state index in [2.05, 4.69) is 5.32 Å². The first-order valence-corrected chi connectivity index (χ1v) is 9.78. The largest absolute Gasteiger partial charge is 0.484 e. The van der Waals surface area contributed by atoms with Gasteiger partial charge in [0.25, 0.3) is 11.8 Å². The van der Waals surface area contributed by atoms with Crippen molar-refractivity contribution in [3.63, 3.8) is 0 Å². The zero-order chi connectivity index (χ0) is 20.1. The van der Waals surface area contributed by atoms with Crippen LogP contribution in [0, 0.1) is 20.8 Å². The van der Waals surface area contributed by atoms with Crippen LogP contribution in [-0.2, 0) is 4.79 Å². The van der Waals surface area contributed by atoms with Gasteiger partial charge in [-0.15, -0.1) is 0 Å². The number of amides is 2. The number of carbonyl (C=O) groups excluding carboxylic acids is 2. The van der Waals surface area contributed by atoms with Gasteiger partial charge < -0.3 is 15.0 Å². The molecule has 0 aromatic heterocycles. The van der Waals surface area contributed by atoms with Crippen LogP contribution in [0.4, 0.5) is 0 Å². The molecule has 0 unspecified atom stereocenters. The lowest BCUT2D eigenvalue weighted by atomic mass is 10.0. The van der Waals surface area contributed by atoms with Gasteiger partial charge in [0.15, 0.2) is 6.61 Å². The van der Waals surface area contributed by atoms with Crippen LogP contribution < -0.4 is 10.1 Å². The van der Waals surface area contributed by atoms with E-state index < -0.39 is 0 Å². The Bertz CT molecular complexity index is 855. The molecule has 3 rings (SSSR count). The van der Waals surface area contributed by atoms with Crippen molar-refractivity contribution in [2.24, 2.45) is 0 Å². The smallest absolute Gasteiger partial charge is 0.260 e. The molecule has 1 N–H and O–H groups in total. The third kappa shape index (κ3) is 5.12. The summed E-state index contributed by atoms with van der Waals surface area (Å²) in [5.41, 5.74) is 3.95. The Balaban J connectivity index is 1.45. The number of benzene rings is 2. The minimum absolute atomic E-state index is 0.0107. The van der Waals surface area contributed by atoms with Gasteiger partial charge in [0.05, 0.1) is 0 Å². The van der Waals surface area contributed by atoms with Gasteiger partial charge in [-0.2, -0.15) is 0 Å². The van der Waals surface area contributed by atoms with Crippen molar-refractivity contribution in [2.45, 2.75) is 39.7 Å². The van der Waals surface area contributed by atoms with Crippen molar-refractivity contribution in [3.05, 3.63) is 64.7 Å². The summed E-state index contributed by atoms with van der Waals surface area (Å²) in [6.07, 6.45) is 1.51. The number of nitrogens with zero attached hydrogens (tertiary/aromatic N) is 1. The van der Waals surface area contributed by atoms with Gasteiger partial charge >= 0.3 is 0 Å². The second kappa shape index (κ2) is 8.91. The Morgan fingerprint density at radius 2 is 1.75 bits per heavy atom. The summed E-state index contributed by atoms with van der Waals surface area (Å²) in [6.45, 7) is 7.30. The summed E-state index contributed by atoms with van der Waals surface area (Å²) >= 11 is 0. The fourth-order valence-electron chi connectivity index (χ4n) is 3.52. The van der Waals surface area contributed by atoms with Crippen LogP contribution in [0.3, 0.4) is 0 Å². The monoisotopic (exact) mass is 380 g/mol. The van der Waals surface area contributed by atoms with Crippen molar-refractivity contribution in [1.29, 1.82) is 0 Å². The lowest BCUT2D eigenvalue weighted by molar-refractivity contribution is -0.134. The molecule has 1 aliphatic rings. The highest BCUT2D eigenvalue weighted by molar-refractivity contribution is 5.94. The predicted molar refractivity (Wildman–Crippen MR) is 110 cm³/mol. The van der Waals surface area contributed by atoms with Gasteiger partial charge in [0.2, 0.25) is 0 Å². The zero-order valence-corrected chi connectivity index (χ0v) is 16.8. The number of carbonyl (C=O) groups is 2. The molecule has 1 saturated heterocycles. The average Bonchev–Trinajstić information content (AvgIpc) is 2.67. The Kier molecular flexibility index (Phi) is 6.34. The Hall–Kier alpha value is -2.82. The summed E-state index contributed by atoms with van der Waals surface area (Å²) < 4.78 is 5.71. The molecule has 1 heterocycles. The minimum Gasteiger partial charge on any atom is -0.484 e. The summed E-state index contributed by atoms with van der Waals surface area (Å²) in [5, 5.41) is 3.08. The Morgan fingerprint density at radius 1 is 1.04 bits per heavy atom. The van der Waals surface area contributed by atoms with Crippen molar-refractivity contribution >= 4 is 11.8 Å². The summed E-state index contributed by atoms with van der Waals surface area (Å²) in [7, 11) is 0. The van der Waals surface area contributed by atoms with Gasteiger partial charge in [0.1, 0.15) is 5.75 Å². The van der Waals surface area contributed by atoms with Crippen LogP contribution in [0.25, 0.3) is 0 Å². The lowest BCUT2D eigenvalue weighted by Crippen LogP contribution is -2.47. The predicted octanol–water partition coefficient (Wildman–Crippen LogP) is 3.41. The molecule has 0 saturated carbocycles. The third-order valence-corrected chi connectivity index (χ3v) is 5.14. The number of ether oxygens (including phenoxy) is 1. The molecule has 2 aromatic rings. The first kappa shape index (κ1) is 19.9. The second-order valence-corrected chi connectivity index (χ2v) is 7.56. The molecule has 0 aliphatic carbocycles. The van der Waals surface area contributed by atoms with Crippen LogP contribution in [0.15, 0.2) is 42.5 Å². The lowest BCUT2D eigenvalue weighted by Gasteiger charge is -2.32. The van der Waals surface area contributed by atoms with Crippen LogP contribution in [0.5, 0.6) is 5.75 Å². The molecule has 2 amide bonds. The van der Waals surface area contributed by atoms with E-state index in [0.717, 1.165) is 29.7 Å². The van der Waals surface area contributed by atoms with Gasteiger partial charge in [-0.1, -0.05) is 35.4 Å². The first-order chi connectivity index (χ1) is 13.4. The Labute approximate surface area is 166 Å². The highest BCUT2D eigenvalue weighted by atomic mass is 16.5. The van der Waals surface area contributed by atoms with E-state index in [1.807, 2.05) is 68.1 Å². The molecule has 1 fully saturated rings. The molecule has 0 spiro atoms. The highest BCUT2D eigenvalue weighted by Crippen LogP contribution is 2.19. The fraction of sp³-hybridized carbons (Fsp3) is 0.391. The summed E-state index contributed by atoms with van der Waals surface area (Å²) in [4.78, 5) is 26.7. The van der Waals surface area contributed by atoms with E-state index in [4.69, 9.17) is 4.74 Å². The standard InChI is InChI=1S/C23H28N2O3/c1-16-5-4-6-19(14-16)23(27)24-20-9-11-25(12-10-20)22(26)15-28-21-8-7-17(2)13-18(21)3/h4-8,13-14,20H,9-12,15H2,1-3H3,(H,24,27). The molecular formula is C23H28N2O3. The number of nitrogens with one attached hydrogen (secondary N) is 1. The van der Waals surface area contributed by atoms with Crippen molar-refractivity contribution in [2.75, 3.05) is 19.7 Å². The maximum atomic E-state index is 12.5. The van der Waals surface area contributed by atoms with E-state index in [9.17, 15) is 9.59 Å². The average molecular weight is 380 g/mol. The maximum Gasteiger partial charge on any atom is 0.260 e. The van der Waals surface area contributed by atoms with Crippen LogP contribution in [0.1, 0.15) is 39.9 Å². The molecule has 0 radical (unpaired) electrons. The van der Waals surface area contributed by atoms with Crippen molar-refractivity contribution in [1.82, 2.24) is 10.2 Å². The molecule has 2 aromatic carbocycles. The second-order valence-electron chi connectivity index (χ2n) is 7.56. The number of hydrogen-bond donors (Lipinski definition) is 1. The molecule has 148 valence electrons. The normalized spacial score (nSPS) is 14.6. The van der Waals surface area contributed by atoms with E-state index in [1.54, 1.807) is 0 Å². The molecular weight excluding hydrogens is 352 g/mol. The van der Waals surface area contributed by atoms with E-state index in [-0.39, 0.29) is 24.5 Å². The molecule has 5 nitrogen and oxygen atoms in total. The van der Waals surface area contributed by atoms with Gasteiger partial charge in [-0.3, -0.25) is 9.59 Å². The van der Waals surface area contributed by atoms with Gasteiger partial charge in [-0.05, 0) is 57.4 Å². The summed E-state index contributed by atoms with van der Waals surface area (Å²) in [6, 6.07) is 13.6. The third-order valence-electron chi connectivity index (χ3n) is 5.14. The molecule has 0 bridgehead atoms.